The van der Waals surface area contributed by atoms with Crippen LogP contribution in [0.3, 0.4) is 0 Å². The molecule has 0 aromatic carbocycles. The van der Waals surface area contributed by atoms with E-state index in [9.17, 15) is 4.79 Å². The van der Waals surface area contributed by atoms with E-state index in [4.69, 9.17) is 4.52 Å². The smallest absolute Gasteiger partial charge is 0.276 e. The molecule has 2 aromatic heterocycles. The molecule has 1 unspecified atom stereocenters. The summed E-state index contributed by atoms with van der Waals surface area (Å²) in [5, 5.41) is 10.8. The van der Waals surface area contributed by atoms with Crippen molar-refractivity contribution >= 4 is 35.8 Å². The number of carbonyl (C=O) groups is 1. The second-order valence-corrected chi connectivity index (χ2v) is 8.49. The fraction of sp³-hybridized carbons (Fsp3) is 0.609. The first kappa shape index (κ1) is 25.4. The Hall–Kier alpha value is -2.24. The van der Waals surface area contributed by atoms with E-state index in [-0.39, 0.29) is 35.9 Å². The quantitative estimate of drug-likeness (QED) is 0.301. The fourth-order valence-corrected chi connectivity index (χ4v) is 4.42. The lowest BCUT2D eigenvalue weighted by Crippen LogP contribution is -2.45. The second kappa shape index (κ2) is 12.9. The van der Waals surface area contributed by atoms with Crippen molar-refractivity contribution < 1.29 is 9.32 Å². The summed E-state index contributed by atoms with van der Waals surface area (Å²) in [6, 6.07) is 5.80. The number of aromatic nitrogens is 3. The van der Waals surface area contributed by atoms with Crippen LogP contribution in [0.5, 0.6) is 0 Å². The van der Waals surface area contributed by atoms with Crippen LogP contribution in [-0.2, 0) is 11.2 Å². The first-order valence-corrected chi connectivity index (χ1v) is 11.8. The lowest BCUT2D eigenvalue weighted by Gasteiger charge is -2.26. The predicted octanol–water partition coefficient (Wildman–Crippen LogP) is 3.03. The Morgan fingerprint density at radius 3 is 2.85 bits per heavy atom. The van der Waals surface area contributed by atoms with Gasteiger partial charge in [0.1, 0.15) is 5.69 Å². The number of nitrogens with zero attached hydrogens (tertiary/aromatic N) is 5. The highest BCUT2D eigenvalue weighted by Crippen LogP contribution is 2.26. The summed E-state index contributed by atoms with van der Waals surface area (Å²) >= 11 is 0. The molecule has 2 fully saturated rings. The molecule has 180 valence electrons. The first-order chi connectivity index (χ1) is 15.7. The third-order valence-electron chi connectivity index (χ3n) is 6.10. The van der Waals surface area contributed by atoms with Crippen LogP contribution in [0.2, 0.25) is 0 Å². The molecule has 2 N–H and O–H groups in total. The maximum Gasteiger partial charge on any atom is 0.276 e. The van der Waals surface area contributed by atoms with Crippen molar-refractivity contribution in [3.05, 3.63) is 30.2 Å². The minimum absolute atomic E-state index is 0. The first-order valence-electron chi connectivity index (χ1n) is 11.8. The standard InChI is InChI=1S/C23H33N7O2.HI/c1-2-24-23(26-14-11-20-28-21(32-29-20)19-10-6-7-13-25-19)27-18-12-15-30(16-18)22(31)17-8-4-3-5-9-17;/h6-7,10,13,17-18H,2-5,8-9,11-12,14-16H2,1H3,(H2,24,26,27);1H. The number of amides is 1. The van der Waals surface area contributed by atoms with Crippen LogP contribution in [-0.4, -0.2) is 64.1 Å². The average Bonchev–Trinajstić information content (AvgIpc) is 3.50. The SMILES string of the molecule is CCNC(=NCCc1noc(-c2ccccn2)n1)NC1CCN(C(=O)C2CCCCC2)C1.I. The van der Waals surface area contributed by atoms with Crippen molar-refractivity contribution in [3.8, 4) is 11.6 Å². The van der Waals surface area contributed by atoms with Crippen molar-refractivity contribution in [2.75, 3.05) is 26.2 Å². The zero-order chi connectivity index (χ0) is 22.2. The number of rotatable bonds is 7. The third kappa shape index (κ3) is 7.12. The van der Waals surface area contributed by atoms with Gasteiger partial charge in [0.25, 0.3) is 5.89 Å². The molecule has 4 rings (SSSR count). The summed E-state index contributed by atoms with van der Waals surface area (Å²) in [5.41, 5.74) is 0.665. The molecule has 2 aliphatic rings. The monoisotopic (exact) mass is 567 g/mol. The van der Waals surface area contributed by atoms with E-state index in [1.807, 2.05) is 30.0 Å². The average molecular weight is 567 g/mol. The Bertz CT molecular complexity index is 899. The molecule has 9 nitrogen and oxygen atoms in total. The van der Waals surface area contributed by atoms with Crippen LogP contribution < -0.4 is 10.6 Å². The lowest BCUT2D eigenvalue weighted by molar-refractivity contribution is -0.135. The Balaban J connectivity index is 0.00000306. The van der Waals surface area contributed by atoms with Gasteiger partial charge in [-0.3, -0.25) is 14.8 Å². The molecule has 1 aliphatic carbocycles. The van der Waals surface area contributed by atoms with Crippen molar-refractivity contribution in [1.29, 1.82) is 0 Å². The molecule has 1 saturated carbocycles. The van der Waals surface area contributed by atoms with E-state index in [1.54, 1.807) is 6.20 Å². The van der Waals surface area contributed by atoms with Gasteiger partial charge < -0.3 is 20.1 Å². The van der Waals surface area contributed by atoms with Gasteiger partial charge in [-0.2, -0.15) is 4.98 Å². The van der Waals surface area contributed by atoms with Crippen LogP contribution in [0.15, 0.2) is 33.9 Å². The number of guanidine groups is 1. The molecule has 1 aliphatic heterocycles. The molecular weight excluding hydrogens is 533 g/mol. The summed E-state index contributed by atoms with van der Waals surface area (Å²) in [6.45, 7) is 4.93. The molecule has 0 radical (unpaired) electrons. The molecule has 0 spiro atoms. The summed E-state index contributed by atoms with van der Waals surface area (Å²) in [6.07, 6.45) is 8.96. The fourth-order valence-electron chi connectivity index (χ4n) is 4.42. The number of aliphatic imine (C=N–C) groups is 1. The highest BCUT2D eigenvalue weighted by molar-refractivity contribution is 14.0. The second-order valence-electron chi connectivity index (χ2n) is 8.49. The number of carbonyl (C=O) groups excluding carboxylic acids is 1. The number of likely N-dealkylation sites (tertiary alicyclic amines) is 1. The highest BCUT2D eigenvalue weighted by atomic mass is 127. The zero-order valence-electron chi connectivity index (χ0n) is 19.2. The molecule has 3 heterocycles. The van der Waals surface area contributed by atoms with E-state index in [0.717, 1.165) is 44.9 Å². The number of hydrogen-bond acceptors (Lipinski definition) is 6. The molecular formula is C23H34IN7O2. The predicted molar refractivity (Wildman–Crippen MR) is 137 cm³/mol. The Labute approximate surface area is 212 Å². The molecule has 1 saturated heterocycles. The number of pyridine rings is 1. The minimum Gasteiger partial charge on any atom is -0.357 e. The van der Waals surface area contributed by atoms with Crippen molar-refractivity contribution in [1.82, 2.24) is 30.7 Å². The normalized spacial score (nSPS) is 19.2. The van der Waals surface area contributed by atoms with Crippen LogP contribution in [0.25, 0.3) is 11.6 Å². The molecule has 10 heteroatoms. The van der Waals surface area contributed by atoms with Gasteiger partial charge in [0.2, 0.25) is 5.91 Å². The largest absolute Gasteiger partial charge is 0.357 e. The van der Waals surface area contributed by atoms with Crippen LogP contribution in [0.4, 0.5) is 0 Å². The maximum atomic E-state index is 12.8. The van der Waals surface area contributed by atoms with E-state index < -0.39 is 0 Å². The van der Waals surface area contributed by atoms with E-state index >= 15 is 0 Å². The topological polar surface area (TPSA) is 109 Å². The van der Waals surface area contributed by atoms with Gasteiger partial charge in [-0.1, -0.05) is 30.5 Å². The van der Waals surface area contributed by atoms with Crippen LogP contribution >= 0.6 is 24.0 Å². The van der Waals surface area contributed by atoms with E-state index in [0.29, 0.717) is 36.3 Å². The van der Waals surface area contributed by atoms with Gasteiger partial charge in [0, 0.05) is 50.8 Å². The highest BCUT2D eigenvalue weighted by Gasteiger charge is 2.31. The summed E-state index contributed by atoms with van der Waals surface area (Å²) in [7, 11) is 0. The summed E-state index contributed by atoms with van der Waals surface area (Å²) < 4.78 is 5.31. The zero-order valence-corrected chi connectivity index (χ0v) is 21.5. The van der Waals surface area contributed by atoms with E-state index in [2.05, 4.69) is 30.8 Å². The number of halogens is 1. The molecule has 33 heavy (non-hydrogen) atoms. The molecule has 0 bridgehead atoms. The van der Waals surface area contributed by atoms with E-state index in [1.165, 1.54) is 19.3 Å². The Morgan fingerprint density at radius 2 is 2.09 bits per heavy atom. The number of hydrogen-bond donors (Lipinski definition) is 2. The van der Waals surface area contributed by atoms with Crippen molar-refractivity contribution in [2.24, 2.45) is 10.9 Å². The van der Waals surface area contributed by atoms with Gasteiger partial charge in [-0.25, -0.2) is 0 Å². The molecule has 1 atom stereocenters. The summed E-state index contributed by atoms with van der Waals surface area (Å²) in [5.74, 6) is 2.36. The third-order valence-corrected chi connectivity index (χ3v) is 6.10. The van der Waals surface area contributed by atoms with Gasteiger partial charge >= 0.3 is 0 Å². The maximum absolute atomic E-state index is 12.8. The lowest BCUT2D eigenvalue weighted by atomic mass is 9.88. The minimum atomic E-state index is 0. The van der Waals surface area contributed by atoms with Gasteiger partial charge in [-0.05, 0) is 38.3 Å². The van der Waals surface area contributed by atoms with Gasteiger partial charge in [-0.15, -0.1) is 24.0 Å². The van der Waals surface area contributed by atoms with Gasteiger partial charge in [0.15, 0.2) is 11.8 Å². The van der Waals surface area contributed by atoms with Crippen molar-refractivity contribution in [2.45, 2.75) is 57.9 Å². The Morgan fingerprint density at radius 1 is 1.24 bits per heavy atom. The molecule has 1 amide bonds. The van der Waals surface area contributed by atoms with Crippen LogP contribution in [0.1, 0.15) is 51.3 Å². The summed E-state index contributed by atoms with van der Waals surface area (Å²) in [4.78, 5) is 28.2. The Kier molecular flexibility index (Phi) is 9.89. The molecule has 2 aromatic rings. The number of nitrogens with one attached hydrogen (secondary N) is 2. The van der Waals surface area contributed by atoms with Crippen LogP contribution in [0, 0.1) is 5.92 Å². The van der Waals surface area contributed by atoms with Crippen molar-refractivity contribution in [3.63, 3.8) is 0 Å². The van der Waals surface area contributed by atoms with Gasteiger partial charge in [0.05, 0.1) is 0 Å².